The van der Waals surface area contributed by atoms with Crippen LogP contribution in [0.5, 0.6) is 0 Å². The van der Waals surface area contributed by atoms with Gasteiger partial charge >= 0.3 is 18.0 Å². The molecule has 0 bridgehead atoms. The van der Waals surface area contributed by atoms with E-state index in [1.165, 1.54) is 0 Å². The number of amides is 3. The zero-order valence-electron chi connectivity index (χ0n) is 16.5. The number of nitrogens with one attached hydrogen (secondary N) is 3. The summed E-state index contributed by atoms with van der Waals surface area (Å²) in [5.74, 6) is -2.05. The highest BCUT2D eigenvalue weighted by atomic mass is 16.5. The first kappa shape index (κ1) is 21.5. The van der Waals surface area contributed by atoms with Gasteiger partial charge in [-0.05, 0) is 39.2 Å². The topological polar surface area (TPSA) is 127 Å². The number of esters is 2. The van der Waals surface area contributed by atoms with Crippen molar-refractivity contribution in [3.05, 3.63) is 22.5 Å². The van der Waals surface area contributed by atoms with Crippen LogP contribution in [-0.2, 0) is 14.3 Å². The second-order valence-corrected chi connectivity index (χ2v) is 6.78. The van der Waals surface area contributed by atoms with Gasteiger partial charge < -0.3 is 19.8 Å². The Morgan fingerprint density at radius 1 is 1.04 bits per heavy atom. The van der Waals surface area contributed by atoms with Crippen LogP contribution in [0.25, 0.3) is 0 Å². The molecule has 1 aliphatic carbocycles. The number of H-pyrrole nitrogens is 1. The smallest absolute Gasteiger partial charge is 0.355 e. The summed E-state index contributed by atoms with van der Waals surface area (Å²) >= 11 is 0. The van der Waals surface area contributed by atoms with Gasteiger partial charge in [0.1, 0.15) is 5.69 Å². The van der Waals surface area contributed by atoms with E-state index in [1.807, 2.05) is 0 Å². The Hall–Kier alpha value is -2.84. The first-order valence-corrected chi connectivity index (χ1v) is 9.47. The summed E-state index contributed by atoms with van der Waals surface area (Å²) in [4.78, 5) is 50.7. The second-order valence-electron chi connectivity index (χ2n) is 6.78. The lowest BCUT2D eigenvalue weighted by Crippen LogP contribution is -2.46. The summed E-state index contributed by atoms with van der Waals surface area (Å²) in [6.07, 6.45) is 5.06. The molecule has 0 aliphatic heterocycles. The number of carbonyl (C=O) groups is 4. The van der Waals surface area contributed by atoms with Crippen molar-refractivity contribution in [1.29, 1.82) is 0 Å². The fourth-order valence-electron chi connectivity index (χ4n) is 3.30. The highest BCUT2D eigenvalue weighted by Crippen LogP contribution is 2.20. The van der Waals surface area contributed by atoms with Crippen LogP contribution >= 0.6 is 0 Å². The molecule has 1 aromatic rings. The molecule has 3 N–H and O–H groups in total. The van der Waals surface area contributed by atoms with Gasteiger partial charge in [0, 0.05) is 11.7 Å². The SMILES string of the molecule is CCOC(=O)c1[nH]c(C)c(C(=O)OCC(=O)NC(=O)NC2CCCCC2)c1C. The highest BCUT2D eigenvalue weighted by Gasteiger charge is 2.24. The van der Waals surface area contributed by atoms with Gasteiger partial charge in [-0.25, -0.2) is 14.4 Å². The number of hydrogen-bond donors (Lipinski definition) is 3. The number of rotatable bonds is 6. The van der Waals surface area contributed by atoms with Crippen LogP contribution in [0.1, 0.15) is 71.1 Å². The monoisotopic (exact) mass is 393 g/mol. The third-order valence-electron chi connectivity index (χ3n) is 4.65. The third kappa shape index (κ3) is 5.58. The summed E-state index contributed by atoms with van der Waals surface area (Å²) < 4.78 is 9.92. The fraction of sp³-hybridized carbons (Fsp3) is 0.579. The van der Waals surface area contributed by atoms with Crippen LogP contribution < -0.4 is 10.6 Å². The Bertz CT molecular complexity index is 749. The molecule has 1 saturated carbocycles. The quantitative estimate of drug-likeness (QED) is 0.636. The van der Waals surface area contributed by atoms with E-state index in [0.717, 1.165) is 32.1 Å². The minimum atomic E-state index is -0.760. The lowest BCUT2D eigenvalue weighted by molar-refractivity contribution is -0.123. The minimum Gasteiger partial charge on any atom is -0.461 e. The molecule has 1 fully saturated rings. The van der Waals surface area contributed by atoms with Crippen molar-refractivity contribution in [2.45, 2.75) is 58.9 Å². The molecule has 1 aromatic heterocycles. The number of aromatic nitrogens is 1. The molecule has 0 aromatic carbocycles. The van der Waals surface area contributed by atoms with Gasteiger partial charge in [-0.1, -0.05) is 19.3 Å². The Balaban J connectivity index is 1.86. The van der Waals surface area contributed by atoms with Crippen molar-refractivity contribution >= 4 is 23.9 Å². The van der Waals surface area contributed by atoms with Gasteiger partial charge in [0.05, 0.1) is 12.2 Å². The maximum absolute atomic E-state index is 12.3. The molecule has 9 heteroatoms. The molecular formula is C19H27N3O6. The first-order valence-electron chi connectivity index (χ1n) is 9.47. The Labute approximate surface area is 163 Å². The Morgan fingerprint density at radius 2 is 1.71 bits per heavy atom. The average Bonchev–Trinajstić information content (AvgIpc) is 2.95. The Kier molecular flexibility index (Phi) is 7.60. The number of imide groups is 1. The van der Waals surface area contributed by atoms with Gasteiger partial charge in [0.25, 0.3) is 5.91 Å². The standard InChI is InChI=1S/C19H27N3O6/c1-4-27-18(25)16-11(2)15(12(3)20-16)17(24)28-10-14(23)22-19(26)21-13-8-6-5-7-9-13/h13,20H,4-10H2,1-3H3,(H2,21,22,23,26). The minimum absolute atomic E-state index is 0.0653. The van der Waals surface area contributed by atoms with Crippen LogP contribution in [-0.4, -0.2) is 48.1 Å². The van der Waals surface area contributed by atoms with Crippen LogP contribution in [0.4, 0.5) is 4.79 Å². The summed E-state index contributed by atoms with van der Waals surface area (Å²) in [6.45, 7) is 4.49. The lowest BCUT2D eigenvalue weighted by atomic mass is 9.96. The maximum Gasteiger partial charge on any atom is 0.355 e. The van der Waals surface area contributed by atoms with E-state index in [2.05, 4.69) is 15.6 Å². The van der Waals surface area contributed by atoms with Gasteiger partial charge in [-0.2, -0.15) is 0 Å². The van der Waals surface area contributed by atoms with Crippen LogP contribution in [0.15, 0.2) is 0 Å². The van der Waals surface area contributed by atoms with E-state index in [1.54, 1.807) is 20.8 Å². The zero-order chi connectivity index (χ0) is 20.7. The predicted octanol–water partition coefficient (Wildman–Crippen LogP) is 2.12. The molecule has 1 heterocycles. The molecule has 0 radical (unpaired) electrons. The van der Waals surface area contributed by atoms with Crippen molar-refractivity contribution in [2.75, 3.05) is 13.2 Å². The third-order valence-corrected chi connectivity index (χ3v) is 4.65. The molecule has 0 saturated heterocycles. The van der Waals surface area contributed by atoms with Crippen LogP contribution in [0.3, 0.4) is 0 Å². The van der Waals surface area contributed by atoms with Crippen molar-refractivity contribution < 1.29 is 28.7 Å². The number of ether oxygens (including phenoxy) is 2. The molecule has 0 unspecified atom stereocenters. The molecule has 1 aliphatic rings. The highest BCUT2D eigenvalue weighted by molar-refractivity contribution is 6.00. The van der Waals surface area contributed by atoms with Gasteiger partial charge in [-0.3, -0.25) is 10.1 Å². The molecule has 154 valence electrons. The molecule has 28 heavy (non-hydrogen) atoms. The summed E-state index contributed by atoms with van der Waals surface area (Å²) in [6, 6.07) is -0.526. The second kappa shape index (κ2) is 9.91. The largest absolute Gasteiger partial charge is 0.461 e. The van der Waals surface area contributed by atoms with E-state index in [0.29, 0.717) is 11.3 Å². The van der Waals surface area contributed by atoms with Crippen molar-refractivity contribution in [3.63, 3.8) is 0 Å². The number of aromatic amines is 1. The molecule has 3 amide bonds. The number of carbonyl (C=O) groups excluding carboxylic acids is 4. The lowest BCUT2D eigenvalue weighted by Gasteiger charge is -2.22. The van der Waals surface area contributed by atoms with E-state index in [9.17, 15) is 19.2 Å². The average molecular weight is 393 g/mol. The summed E-state index contributed by atoms with van der Waals surface area (Å²) in [7, 11) is 0. The molecule has 0 atom stereocenters. The van der Waals surface area contributed by atoms with Crippen LogP contribution in [0.2, 0.25) is 0 Å². The van der Waals surface area contributed by atoms with Gasteiger partial charge in [-0.15, -0.1) is 0 Å². The fourth-order valence-corrected chi connectivity index (χ4v) is 3.30. The van der Waals surface area contributed by atoms with E-state index < -0.39 is 30.5 Å². The van der Waals surface area contributed by atoms with Crippen molar-refractivity contribution in [1.82, 2.24) is 15.6 Å². The summed E-state index contributed by atoms with van der Waals surface area (Å²) in [5, 5.41) is 4.90. The summed E-state index contributed by atoms with van der Waals surface area (Å²) in [5.41, 5.74) is 1.16. The number of urea groups is 1. The first-order chi connectivity index (χ1) is 13.3. The normalized spacial score (nSPS) is 14.2. The van der Waals surface area contributed by atoms with Gasteiger partial charge in [0.15, 0.2) is 6.61 Å². The van der Waals surface area contributed by atoms with E-state index >= 15 is 0 Å². The Morgan fingerprint density at radius 3 is 2.36 bits per heavy atom. The molecule has 9 nitrogen and oxygen atoms in total. The number of aryl methyl sites for hydroxylation is 1. The van der Waals surface area contributed by atoms with E-state index in [-0.39, 0.29) is 23.9 Å². The van der Waals surface area contributed by atoms with Crippen LogP contribution in [0, 0.1) is 13.8 Å². The van der Waals surface area contributed by atoms with Crippen molar-refractivity contribution in [3.8, 4) is 0 Å². The molecular weight excluding hydrogens is 366 g/mol. The predicted molar refractivity (Wildman–Crippen MR) is 100 cm³/mol. The van der Waals surface area contributed by atoms with E-state index in [4.69, 9.17) is 9.47 Å². The van der Waals surface area contributed by atoms with Crippen molar-refractivity contribution in [2.24, 2.45) is 0 Å². The molecule has 0 spiro atoms. The molecule has 2 rings (SSSR count). The van der Waals surface area contributed by atoms with Gasteiger partial charge in [0.2, 0.25) is 0 Å². The maximum atomic E-state index is 12.3. The number of hydrogen-bond acceptors (Lipinski definition) is 6. The zero-order valence-corrected chi connectivity index (χ0v) is 16.5.